The summed E-state index contributed by atoms with van der Waals surface area (Å²) in [6.45, 7) is 9.76. The van der Waals surface area contributed by atoms with Gasteiger partial charge in [0.25, 0.3) is 0 Å². The minimum atomic E-state index is -0.453. The van der Waals surface area contributed by atoms with Crippen LogP contribution in [0.5, 0.6) is 0 Å². The Labute approximate surface area is 222 Å². The average Bonchev–Trinajstić information content (AvgIpc) is 2.93. The summed E-state index contributed by atoms with van der Waals surface area (Å²) in [6, 6.07) is 33.5. The van der Waals surface area contributed by atoms with E-state index in [2.05, 4.69) is 120 Å². The molecule has 4 nitrogen and oxygen atoms in total. The van der Waals surface area contributed by atoms with Crippen molar-refractivity contribution >= 4 is 6.29 Å². The molecule has 0 radical (unpaired) electrons. The van der Waals surface area contributed by atoms with E-state index in [9.17, 15) is 4.79 Å². The fourth-order valence-corrected chi connectivity index (χ4v) is 7.09. The van der Waals surface area contributed by atoms with Crippen LogP contribution >= 0.6 is 0 Å². The molecule has 4 heteroatoms. The molecule has 2 aliphatic heterocycles. The second kappa shape index (κ2) is 11.3. The van der Waals surface area contributed by atoms with E-state index < -0.39 is 5.54 Å². The third-order valence-electron chi connectivity index (χ3n) is 8.69. The Morgan fingerprint density at radius 1 is 0.811 bits per heavy atom. The minimum absolute atomic E-state index is 0.106. The van der Waals surface area contributed by atoms with E-state index in [4.69, 9.17) is 0 Å². The standard InChI is InChI=1S/C33H41N3O/c1-27-24-35(25-28(2)34-27)26-32(29-12-6-3-7-13-29)18-21-36(22-19-32)33(20-23-37,30-14-8-4-9-15-30)31-16-10-5-11-17-31/h3-17,23,27-28,34H,18-22,24-26H2,1-2H3. The van der Waals surface area contributed by atoms with E-state index in [-0.39, 0.29) is 5.41 Å². The van der Waals surface area contributed by atoms with Gasteiger partial charge in [0.1, 0.15) is 6.29 Å². The van der Waals surface area contributed by atoms with Gasteiger partial charge in [-0.3, -0.25) is 9.80 Å². The molecule has 0 bridgehead atoms. The van der Waals surface area contributed by atoms with E-state index in [0.29, 0.717) is 18.5 Å². The number of piperazine rings is 1. The van der Waals surface area contributed by atoms with Crippen molar-refractivity contribution in [1.29, 1.82) is 0 Å². The van der Waals surface area contributed by atoms with Crippen LogP contribution in [0.1, 0.15) is 49.8 Å². The van der Waals surface area contributed by atoms with Gasteiger partial charge >= 0.3 is 0 Å². The van der Waals surface area contributed by atoms with Gasteiger partial charge in [0, 0.05) is 56.6 Å². The molecular weight excluding hydrogens is 454 g/mol. The number of benzene rings is 3. The second-order valence-corrected chi connectivity index (χ2v) is 11.3. The first kappa shape index (κ1) is 25.8. The predicted octanol–water partition coefficient (Wildman–Crippen LogP) is 5.24. The fourth-order valence-electron chi connectivity index (χ4n) is 7.09. The smallest absolute Gasteiger partial charge is 0.122 e. The van der Waals surface area contributed by atoms with Crippen molar-refractivity contribution in [2.24, 2.45) is 0 Å². The van der Waals surface area contributed by atoms with Gasteiger partial charge in [0.2, 0.25) is 0 Å². The third kappa shape index (κ3) is 5.29. The van der Waals surface area contributed by atoms with Crippen LogP contribution in [0.15, 0.2) is 91.0 Å². The number of rotatable bonds is 8. The van der Waals surface area contributed by atoms with Gasteiger partial charge in [-0.15, -0.1) is 0 Å². The van der Waals surface area contributed by atoms with Gasteiger partial charge in [-0.25, -0.2) is 0 Å². The van der Waals surface area contributed by atoms with Crippen LogP contribution < -0.4 is 5.32 Å². The molecule has 2 fully saturated rings. The second-order valence-electron chi connectivity index (χ2n) is 11.3. The lowest BCUT2D eigenvalue weighted by Crippen LogP contribution is -2.59. The molecule has 0 aromatic heterocycles. The Morgan fingerprint density at radius 2 is 1.30 bits per heavy atom. The molecule has 0 aliphatic carbocycles. The highest BCUT2D eigenvalue weighted by molar-refractivity contribution is 5.57. The molecule has 2 aliphatic rings. The summed E-state index contributed by atoms with van der Waals surface area (Å²) in [5.74, 6) is 0. The first-order valence-electron chi connectivity index (χ1n) is 13.9. The number of nitrogens with one attached hydrogen (secondary N) is 1. The van der Waals surface area contributed by atoms with Crippen molar-refractivity contribution in [2.45, 2.75) is 56.1 Å². The SMILES string of the molecule is CC1CN(CC2(c3ccccc3)CCN(C(CC=O)(c3ccccc3)c3ccccc3)CC2)CC(C)N1. The Kier molecular flexibility index (Phi) is 7.89. The average molecular weight is 496 g/mol. The number of hydrogen-bond acceptors (Lipinski definition) is 4. The molecule has 5 rings (SSSR count). The molecular formula is C33H41N3O. The molecule has 2 heterocycles. The van der Waals surface area contributed by atoms with Crippen LogP contribution in [0, 0.1) is 0 Å². The van der Waals surface area contributed by atoms with Crippen LogP contribution in [0.25, 0.3) is 0 Å². The molecule has 1 N–H and O–H groups in total. The van der Waals surface area contributed by atoms with Gasteiger partial charge in [0.05, 0.1) is 5.54 Å². The molecule has 3 aromatic carbocycles. The van der Waals surface area contributed by atoms with E-state index in [1.54, 1.807) is 0 Å². The van der Waals surface area contributed by atoms with E-state index in [1.807, 2.05) is 0 Å². The number of carbonyl (C=O) groups is 1. The van der Waals surface area contributed by atoms with E-state index >= 15 is 0 Å². The van der Waals surface area contributed by atoms with Crippen LogP contribution in [0.4, 0.5) is 0 Å². The molecule has 194 valence electrons. The lowest BCUT2D eigenvalue weighted by molar-refractivity contribution is -0.110. The molecule has 2 atom stereocenters. The topological polar surface area (TPSA) is 35.6 Å². The largest absolute Gasteiger partial charge is 0.309 e. The lowest BCUT2D eigenvalue weighted by Gasteiger charge is -2.52. The Hall–Kier alpha value is -2.79. The van der Waals surface area contributed by atoms with Gasteiger partial charge in [-0.2, -0.15) is 0 Å². The molecule has 0 spiro atoms. The van der Waals surface area contributed by atoms with Crippen LogP contribution in [-0.2, 0) is 15.7 Å². The Balaban J connectivity index is 1.49. The van der Waals surface area contributed by atoms with E-state index in [0.717, 1.165) is 51.9 Å². The molecule has 0 saturated carbocycles. The van der Waals surface area contributed by atoms with Crippen LogP contribution in [0.2, 0.25) is 0 Å². The number of piperidine rings is 1. The number of carbonyl (C=O) groups excluding carboxylic acids is 1. The van der Waals surface area contributed by atoms with Crippen molar-refractivity contribution in [2.75, 3.05) is 32.7 Å². The zero-order chi connectivity index (χ0) is 25.7. The van der Waals surface area contributed by atoms with Crippen LogP contribution in [-0.4, -0.2) is 60.9 Å². The van der Waals surface area contributed by atoms with E-state index in [1.165, 1.54) is 16.7 Å². The molecule has 2 unspecified atom stereocenters. The number of hydrogen-bond donors (Lipinski definition) is 1. The Bertz CT molecular complexity index is 1080. The highest BCUT2D eigenvalue weighted by Gasteiger charge is 2.46. The summed E-state index contributed by atoms with van der Waals surface area (Å²) >= 11 is 0. The normalized spacial score (nSPS) is 23.0. The maximum atomic E-state index is 12.2. The maximum Gasteiger partial charge on any atom is 0.122 e. The van der Waals surface area contributed by atoms with Gasteiger partial charge in [-0.1, -0.05) is 91.0 Å². The van der Waals surface area contributed by atoms with Crippen molar-refractivity contribution in [3.63, 3.8) is 0 Å². The summed E-state index contributed by atoms with van der Waals surface area (Å²) in [7, 11) is 0. The maximum absolute atomic E-state index is 12.2. The monoisotopic (exact) mass is 495 g/mol. The summed E-state index contributed by atoms with van der Waals surface area (Å²) in [4.78, 5) is 17.5. The fraction of sp³-hybridized carbons (Fsp3) is 0.424. The first-order chi connectivity index (χ1) is 18.1. The third-order valence-corrected chi connectivity index (χ3v) is 8.69. The minimum Gasteiger partial charge on any atom is -0.309 e. The van der Waals surface area contributed by atoms with Gasteiger partial charge in [-0.05, 0) is 43.4 Å². The molecule has 37 heavy (non-hydrogen) atoms. The number of likely N-dealkylation sites (tertiary alicyclic amines) is 1. The summed E-state index contributed by atoms with van der Waals surface area (Å²) in [6.07, 6.45) is 3.71. The number of nitrogens with zero attached hydrogens (tertiary/aromatic N) is 2. The zero-order valence-corrected chi connectivity index (χ0v) is 22.4. The van der Waals surface area contributed by atoms with Crippen molar-refractivity contribution in [3.05, 3.63) is 108 Å². The summed E-state index contributed by atoms with van der Waals surface area (Å²) in [5.41, 5.74) is 3.50. The first-order valence-corrected chi connectivity index (χ1v) is 13.9. The molecule has 3 aromatic rings. The van der Waals surface area contributed by atoms with Crippen LogP contribution in [0.3, 0.4) is 0 Å². The highest BCUT2D eigenvalue weighted by Crippen LogP contribution is 2.45. The van der Waals surface area contributed by atoms with Gasteiger partial charge in [0.15, 0.2) is 0 Å². The Morgan fingerprint density at radius 3 is 1.78 bits per heavy atom. The van der Waals surface area contributed by atoms with Gasteiger partial charge < -0.3 is 10.1 Å². The molecule has 2 saturated heterocycles. The summed E-state index contributed by atoms with van der Waals surface area (Å²) in [5, 5.41) is 3.69. The predicted molar refractivity (Wildman–Crippen MR) is 152 cm³/mol. The number of aldehydes is 1. The summed E-state index contributed by atoms with van der Waals surface area (Å²) < 4.78 is 0. The lowest BCUT2D eigenvalue weighted by atomic mass is 9.69. The molecule has 0 amide bonds. The quantitative estimate of drug-likeness (QED) is 0.434. The van der Waals surface area contributed by atoms with Crippen molar-refractivity contribution in [1.82, 2.24) is 15.1 Å². The van der Waals surface area contributed by atoms with Crippen molar-refractivity contribution in [3.8, 4) is 0 Å². The zero-order valence-electron chi connectivity index (χ0n) is 22.4. The van der Waals surface area contributed by atoms with Crippen molar-refractivity contribution < 1.29 is 4.79 Å². The highest BCUT2D eigenvalue weighted by atomic mass is 16.1.